The number of aromatic nitrogens is 2. The molecule has 0 amide bonds. The molecule has 74 valence electrons. The Balaban J connectivity index is 2.07. The lowest BCUT2D eigenvalue weighted by molar-refractivity contribution is 0.357. The molecule has 1 aliphatic rings. The molecule has 15 heavy (non-hydrogen) atoms. The highest BCUT2D eigenvalue weighted by molar-refractivity contribution is 5.62. The molecule has 0 spiro atoms. The molecule has 1 aromatic heterocycles. The summed E-state index contributed by atoms with van der Waals surface area (Å²) in [5.74, 6) is 0.984. The fourth-order valence-electron chi connectivity index (χ4n) is 1.77. The SMILES string of the molecule is c1cnc(-c2ccc3c(c2)OCC3)cn1. The third-order valence-electron chi connectivity index (χ3n) is 2.56. The fraction of sp³-hybridized carbons (Fsp3) is 0.167. The monoisotopic (exact) mass is 198 g/mol. The van der Waals surface area contributed by atoms with Crippen LogP contribution in [0.5, 0.6) is 5.75 Å². The van der Waals surface area contributed by atoms with Crippen molar-refractivity contribution in [2.75, 3.05) is 6.61 Å². The van der Waals surface area contributed by atoms with Crippen LogP contribution in [0.2, 0.25) is 0 Å². The Morgan fingerprint density at radius 2 is 2.20 bits per heavy atom. The van der Waals surface area contributed by atoms with Crippen molar-refractivity contribution in [3.05, 3.63) is 42.4 Å². The molecule has 3 rings (SSSR count). The Labute approximate surface area is 87.8 Å². The van der Waals surface area contributed by atoms with Crippen molar-refractivity contribution in [3.63, 3.8) is 0 Å². The highest BCUT2D eigenvalue weighted by Gasteiger charge is 2.12. The second-order valence-electron chi connectivity index (χ2n) is 3.51. The van der Waals surface area contributed by atoms with E-state index in [9.17, 15) is 0 Å². The molecule has 1 aromatic carbocycles. The van der Waals surface area contributed by atoms with Gasteiger partial charge in [0, 0.05) is 24.4 Å². The Morgan fingerprint density at radius 3 is 3.07 bits per heavy atom. The van der Waals surface area contributed by atoms with Gasteiger partial charge in [0.25, 0.3) is 0 Å². The summed E-state index contributed by atoms with van der Waals surface area (Å²) >= 11 is 0. The molecule has 2 heterocycles. The molecule has 1 aliphatic heterocycles. The average molecular weight is 198 g/mol. The van der Waals surface area contributed by atoms with E-state index in [1.54, 1.807) is 18.6 Å². The maximum absolute atomic E-state index is 5.51. The number of hydrogen-bond acceptors (Lipinski definition) is 3. The Hall–Kier alpha value is -1.90. The van der Waals surface area contributed by atoms with Gasteiger partial charge in [0.2, 0.25) is 0 Å². The zero-order chi connectivity index (χ0) is 10.1. The van der Waals surface area contributed by atoms with Crippen LogP contribution in [0.3, 0.4) is 0 Å². The minimum Gasteiger partial charge on any atom is -0.493 e. The largest absolute Gasteiger partial charge is 0.493 e. The summed E-state index contributed by atoms with van der Waals surface area (Å²) in [6.45, 7) is 0.791. The quantitative estimate of drug-likeness (QED) is 0.703. The predicted molar refractivity (Wildman–Crippen MR) is 56.7 cm³/mol. The van der Waals surface area contributed by atoms with Gasteiger partial charge in [-0.15, -0.1) is 0 Å². The van der Waals surface area contributed by atoms with E-state index < -0.39 is 0 Å². The van der Waals surface area contributed by atoms with Crippen molar-refractivity contribution >= 4 is 0 Å². The standard InChI is InChI=1S/C12H10N2O/c1-2-10(11-8-13-4-5-14-11)7-12-9(1)3-6-15-12/h1-2,4-5,7-8H,3,6H2. The van der Waals surface area contributed by atoms with Gasteiger partial charge in [0.1, 0.15) is 5.75 Å². The summed E-state index contributed by atoms with van der Waals surface area (Å²) in [4.78, 5) is 8.31. The molecule has 2 aromatic rings. The second-order valence-corrected chi connectivity index (χ2v) is 3.51. The van der Waals surface area contributed by atoms with E-state index in [1.165, 1.54) is 5.56 Å². The summed E-state index contributed by atoms with van der Waals surface area (Å²) in [5.41, 5.74) is 3.22. The molecule has 0 N–H and O–H groups in total. The van der Waals surface area contributed by atoms with E-state index in [0.29, 0.717) is 0 Å². The van der Waals surface area contributed by atoms with Gasteiger partial charge in [-0.25, -0.2) is 0 Å². The van der Waals surface area contributed by atoms with E-state index in [1.807, 2.05) is 6.07 Å². The molecule has 3 heteroatoms. The molecule has 0 saturated carbocycles. The first-order chi connectivity index (χ1) is 7.43. The lowest BCUT2D eigenvalue weighted by atomic mass is 10.1. The summed E-state index contributed by atoms with van der Waals surface area (Å²) in [6, 6.07) is 6.20. The van der Waals surface area contributed by atoms with E-state index >= 15 is 0 Å². The highest BCUT2D eigenvalue weighted by Crippen LogP contribution is 2.29. The maximum atomic E-state index is 5.51. The highest BCUT2D eigenvalue weighted by atomic mass is 16.5. The number of hydrogen-bond donors (Lipinski definition) is 0. The zero-order valence-corrected chi connectivity index (χ0v) is 8.18. The van der Waals surface area contributed by atoms with Crippen molar-refractivity contribution in [2.24, 2.45) is 0 Å². The van der Waals surface area contributed by atoms with Gasteiger partial charge in [-0.1, -0.05) is 12.1 Å². The lowest BCUT2D eigenvalue weighted by Crippen LogP contribution is -1.87. The van der Waals surface area contributed by atoms with Crippen LogP contribution < -0.4 is 4.74 Å². The third kappa shape index (κ3) is 1.46. The first-order valence-electron chi connectivity index (χ1n) is 4.95. The van der Waals surface area contributed by atoms with E-state index in [2.05, 4.69) is 22.1 Å². The fourth-order valence-corrected chi connectivity index (χ4v) is 1.77. The maximum Gasteiger partial charge on any atom is 0.123 e. The van der Waals surface area contributed by atoms with Gasteiger partial charge in [-0.05, 0) is 11.6 Å². The third-order valence-corrected chi connectivity index (χ3v) is 2.56. The molecule has 3 nitrogen and oxygen atoms in total. The van der Waals surface area contributed by atoms with E-state index in [4.69, 9.17) is 4.74 Å². The molecule has 0 saturated heterocycles. The van der Waals surface area contributed by atoms with Crippen LogP contribution in [0.15, 0.2) is 36.8 Å². The average Bonchev–Trinajstić information content (AvgIpc) is 2.77. The molecule has 0 fully saturated rings. The van der Waals surface area contributed by atoms with E-state index in [-0.39, 0.29) is 0 Å². The van der Waals surface area contributed by atoms with Crippen LogP contribution in [-0.4, -0.2) is 16.6 Å². The van der Waals surface area contributed by atoms with Gasteiger partial charge in [0.15, 0.2) is 0 Å². The minimum absolute atomic E-state index is 0.791. The van der Waals surface area contributed by atoms with Crippen LogP contribution in [0.1, 0.15) is 5.56 Å². The van der Waals surface area contributed by atoms with Gasteiger partial charge in [-0.2, -0.15) is 0 Å². The summed E-state index contributed by atoms with van der Waals surface area (Å²) in [7, 11) is 0. The molecule has 0 radical (unpaired) electrons. The lowest BCUT2D eigenvalue weighted by Gasteiger charge is -2.02. The first kappa shape index (κ1) is 8.41. The van der Waals surface area contributed by atoms with Crippen molar-refractivity contribution in [3.8, 4) is 17.0 Å². The van der Waals surface area contributed by atoms with E-state index in [0.717, 1.165) is 30.0 Å². The summed E-state index contributed by atoms with van der Waals surface area (Å²) in [5, 5.41) is 0. The van der Waals surface area contributed by atoms with Crippen molar-refractivity contribution in [1.82, 2.24) is 9.97 Å². The van der Waals surface area contributed by atoms with Gasteiger partial charge >= 0.3 is 0 Å². The molecule has 0 atom stereocenters. The number of nitrogens with zero attached hydrogens (tertiary/aromatic N) is 2. The first-order valence-corrected chi connectivity index (χ1v) is 4.95. The van der Waals surface area contributed by atoms with Crippen LogP contribution in [-0.2, 0) is 6.42 Å². The summed E-state index contributed by atoms with van der Waals surface area (Å²) < 4.78 is 5.51. The van der Waals surface area contributed by atoms with Crippen molar-refractivity contribution < 1.29 is 4.74 Å². The van der Waals surface area contributed by atoms with Crippen LogP contribution in [0, 0.1) is 0 Å². The van der Waals surface area contributed by atoms with Gasteiger partial charge < -0.3 is 4.74 Å². The molecular formula is C12H10N2O. The van der Waals surface area contributed by atoms with Gasteiger partial charge in [0.05, 0.1) is 18.5 Å². The molecule has 0 unspecified atom stereocenters. The Bertz CT molecular complexity index is 482. The predicted octanol–water partition coefficient (Wildman–Crippen LogP) is 2.08. The van der Waals surface area contributed by atoms with Crippen LogP contribution in [0.25, 0.3) is 11.3 Å². The summed E-state index contributed by atoms with van der Waals surface area (Å²) in [6.07, 6.45) is 6.14. The normalized spacial score (nSPS) is 13.3. The van der Waals surface area contributed by atoms with Gasteiger partial charge in [-0.3, -0.25) is 9.97 Å². The zero-order valence-electron chi connectivity index (χ0n) is 8.18. The Kier molecular flexibility index (Phi) is 1.88. The second kappa shape index (κ2) is 3.35. The Morgan fingerprint density at radius 1 is 1.20 bits per heavy atom. The minimum atomic E-state index is 0.791. The smallest absolute Gasteiger partial charge is 0.123 e. The topological polar surface area (TPSA) is 35.0 Å². The number of ether oxygens (including phenoxy) is 1. The van der Waals surface area contributed by atoms with Crippen LogP contribution in [0.4, 0.5) is 0 Å². The number of fused-ring (bicyclic) bond motifs is 1. The molecule has 0 bridgehead atoms. The van der Waals surface area contributed by atoms with Crippen LogP contribution >= 0.6 is 0 Å². The van der Waals surface area contributed by atoms with Crippen molar-refractivity contribution in [2.45, 2.75) is 6.42 Å². The number of benzene rings is 1. The van der Waals surface area contributed by atoms with Crippen molar-refractivity contribution in [1.29, 1.82) is 0 Å². The number of rotatable bonds is 1. The molecular weight excluding hydrogens is 188 g/mol. The molecule has 0 aliphatic carbocycles.